The quantitative estimate of drug-likeness (QED) is 0.523. The van der Waals surface area contributed by atoms with E-state index in [1.807, 2.05) is 6.07 Å². The van der Waals surface area contributed by atoms with E-state index in [-0.39, 0.29) is 16.7 Å². The van der Waals surface area contributed by atoms with Crippen LogP contribution in [0.3, 0.4) is 0 Å². The number of nitro groups is 1. The van der Waals surface area contributed by atoms with Crippen molar-refractivity contribution in [2.24, 2.45) is 0 Å². The zero-order valence-electron chi connectivity index (χ0n) is 13.1. The third-order valence-corrected chi connectivity index (χ3v) is 4.07. The monoisotopic (exact) mass is 289 g/mol. The lowest BCUT2D eigenvalue weighted by Gasteiger charge is -2.31. The van der Waals surface area contributed by atoms with Gasteiger partial charge in [0.15, 0.2) is 0 Å². The Labute approximate surface area is 125 Å². The lowest BCUT2D eigenvalue weighted by molar-refractivity contribution is -0.384. The highest BCUT2D eigenvalue weighted by Crippen LogP contribution is 2.37. The molecule has 21 heavy (non-hydrogen) atoms. The van der Waals surface area contributed by atoms with E-state index >= 15 is 0 Å². The maximum Gasteiger partial charge on any atom is 0.292 e. The molecule has 1 aromatic carbocycles. The van der Waals surface area contributed by atoms with Gasteiger partial charge >= 0.3 is 0 Å². The molecule has 0 saturated carbocycles. The van der Waals surface area contributed by atoms with Gasteiger partial charge < -0.3 is 5.32 Å². The second-order valence-corrected chi connectivity index (χ2v) is 5.88. The summed E-state index contributed by atoms with van der Waals surface area (Å²) in [6.07, 6.45) is 2.20. The first kappa shape index (κ1) is 15.5. The van der Waals surface area contributed by atoms with E-state index in [0.717, 1.165) is 12.1 Å². The number of para-hydroxylation sites is 1. The Balaban J connectivity index is 2.41. The number of allylic oxidation sites excluding steroid dienone is 1. The molecule has 1 aliphatic rings. The van der Waals surface area contributed by atoms with Crippen LogP contribution in [0.15, 0.2) is 29.8 Å². The standard InChI is InChI=1S/C16H23N3O2/c1-11(2)8-9-18-12(3)10-17-16-14(13(18)4)6-5-7-15(16)19(20)21/h5-8,12-13,17H,9-10H2,1-4H3/t12-,13+/m0/s1. The number of fused-ring (bicyclic) bond motifs is 1. The normalized spacial score (nSPS) is 21.9. The smallest absolute Gasteiger partial charge is 0.292 e. The van der Waals surface area contributed by atoms with E-state index in [1.165, 1.54) is 5.57 Å². The Morgan fingerprint density at radius 1 is 1.48 bits per heavy atom. The molecule has 1 aliphatic heterocycles. The Bertz CT molecular complexity index is 565. The maximum absolute atomic E-state index is 11.2. The van der Waals surface area contributed by atoms with Crippen LogP contribution in [0.1, 0.15) is 39.3 Å². The van der Waals surface area contributed by atoms with Gasteiger partial charge in [-0.25, -0.2) is 0 Å². The molecule has 2 atom stereocenters. The van der Waals surface area contributed by atoms with Gasteiger partial charge in [0.2, 0.25) is 0 Å². The van der Waals surface area contributed by atoms with E-state index in [1.54, 1.807) is 12.1 Å². The first-order valence-corrected chi connectivity index (χ1v) is 7.32. The average molecular weight is 289 g/mol. The average Bonchev–Trinajstić information content (AvgIpc) is 2.54. The van der Waals surface area contributed by atoms with Gasteiger partial charge in [0.05, 0.1) is 4.92 Å². The van der Waals surface area contributed by atoms with Gasteiger partial charge in [-0.05, 0) is 33.3 Å². The highest BCUT2D eigenvalue weighted by Gasteiger charge is 2.29. The molecule has 1 N–H and O–H groups in total. The molecule has 0 aliphatic carbocycles. The Kier molecular flexibility index (Phi) is 4.63. The van der Waals surface area contributed by atoms with E-state index in [2.05, 4.69) is 44.0 Å². The maximum atomic E-state index is 11.2. The molecule has 5 heteroatoms. The van der Waals surface area contributed by atoms with E-state index in [9.17, 15) is 10.1 Å². The third-order valence-electron chi connectivity index (χ3n) is 4.07. The number of rotatable bonds is 3. The van der Waals surface area contributed by atoms with Gasteiger partial charge in [0, 0.05) is 31.2 Å². The van der Waals surface area contributed by atoms with Crippen molar-refractivity contribution in [3.63, 3.8) is 0 Å². The fourth-order valence-corrected chi connectivity index (χ4v) is 2.80. The highest BCUT2D eigenvalue weighted by molar-refractivity contribution is 5.67. The summed E-state index contributed by atoms with van der Waals surface area (Å²) < 4.78 is 0. The lowest BCUT2D eigenvalue weighted by atomic mass is 10.0. The molecule has 0 fully saturated rings. The molecule has 0 unspecified atom stereocenters. The highest BCUT2D eigenvalue weighted by atomic mass is 16.6. The largest absolute Gasteiger partial charge is 0.378 e. The molecule has 1 aromatic rings. The molecule has 5 nitrogen and oxygen atoms in total. The molecular formula is C16H23N3O2. The van der Waals surface area contributed by atoms with Crippen LogP contribution in [-0.4, -0.2) is 29.0 Å². The van der Waals surface area contributed by atoms with Crippen molar-refractivity contribution in [3.05, 3.63) is 45.5 Å². The predicted molar refractivity (Wildman–Crippen MR) is 85.6 cm³/mol. The number of nitro benzene ring substituents is 1. The molecule has 0 bridgehead atoms. The van der Waals surface area contributed by atoms with Crippen LogP contribution in [-0.2, 0) is 0 Å². The van der Waals surface area contributed by atoms with Gasteiger partial charge in [0.25, 0.3) is 5.69 Å². The van der Waals surface area contributed by atoms with Crippen molar-refractivity contribution in [1.82, 2.24) is 4.90 Å². The minimum Gasteiger partial charge on any atom is -0.378 e. The van der Waals surface area contributed by atoms with Crippen molar-refractivity contribution < 1.29 is 4.92 Å². The lowest BCUT2D eigenvalue weighted by Crippen LogP contribution is -2.37. The third kappa shape index (κ3) is 3.24. The second kappa shape index (κ2) is 6.26. The number of nitrogens with zero attached hydrogens (tertiary/aromatic N) is 2. The van der Waals surface area contributed by atoms with E-state index in [4.69, 9.17) is 0 Å². The summed E-state index contributed by atoms with van der Waals surface area (Å²) in [6.45, 7) is 10.0. The summed E-state index contributed by atoms with van der Waals surface area (Å²) in [5, 5.41) is 14.5. The van der Waals surface area contributed by atoms with E-state index in [0.29, 0.717) is 18.3 Å². The number of hydrogen-bond acceptors (Lipinski definition) is 4. The summed E-state index contributed by atoms with van der Waals surface area (Å²) >= 11 is 0. The molecular weight excluding hydrogens is 266 g/mol. The van der Waals surface area contributed by atoms with Crippen LogP contribution in [0.25, 0.3) is 0 Å². The first-order valence-electron chi connectivity index (χ1n) is 7.32. The van der Waals surface area contributed by atoms with Gasteiger partial charge in [-0.1, -0.05) is 23.8 Å². The summed E-state index contributed by atoms with van der Waals surface area (Å²) in [4.78, 5) is 13.3. The molecule has 0 saturated heterocycles. The number of anilines is 1. The molecule has 0 amide bonds. The molecule has 2 rings (SSSR count). The molecule has 0 radical (unpaired) electrons. The van der Waals surface area contributed by atoms with Gasteiger partial charge in [-0.3, -0.25) is 15.0 Å². The SMILES string of the molecule is CC(C)=CCN1[C@H](C)c2cccc([N+](=O)[O-])c2NC[C@@H]1C. The number of hydrogen-bond donors (Lipinski definition) is 1. The fraction of sp³-hybridized carbons (Fsp3) is 0.500. The van der Waals surface area contributed by atoms with Crippen molar-refractivity contribution in [3.8, 4) is 0 Å². The summed E-state index contributed by atoms with van der Waals surface area (Å²) in [7, 11) is 0. The first-order chi connectivity index (χ1) is 9.91. The van der Waals surface area contributed by atoms with E-state index < -0.39 is 0 Å². The van der Waals surface area contributed by atoms with Crippen molar-refractivity contribution >= 4 is 11.4 Å². The van der Waals surface area contributed by atoms with Gasteiger partial charge in [-0.15, -0.1) is 0 Å². The fourth-order valence-electron chi connectivity index (χ4n) is 2.80. The Hall–Kier alpha value is -1.88. The predicted octanol–water partition coefficient (Wildman–Crippen LogP) is 3.74. The van der Waals surface area contributed by atoms with Crippen LogP contribution in [0.4, 0.5) is 11.4 Å². The zero-order valence-corrected chi connectivity index (χ0v) is 13.1. The topological polar surface area (TPSA) is 58.4 Å². The summed E-state index contributed by atoms with van der Waals surface area (Å²) in [6, 6.07) is 5.76. The van der Waals surface area contributed by atoms with Crippen LogP contribution in [0, 0.1) is 10.1 Å². The Morgan fingerprint density at radius 2 is 2.19 bits per heavy atom. The van der Waals surface area contributed by atoms with Crippen LogP contribution in [0.5, 0.6) is 0 Å². The Morgan fingerprint density at radius 3 is 2.81 bits per heavy atom. The molecule has 0 aromatic heterocycles. The van der Waals surface area contributed by atoms with Gasteiger partial charge in [-0.2, -0.15) is 0 Å². The van der Waals surface area contributed by atoms with Crippen LogP contribution in [0.2, 0.25) is 0 Å². The number of nitrogens with one attached hydrogen (secondary N) is 1. The van der Waals surface area contributed by atoms with Crippen LogP contribution < -0.4 is 5.32 Å². The molecule has 0 spiro atoms. The minimum atomic E-state index is -0.311. The van der Waals surface area contributed by atoms with Crippen molar-refractivity contribution in [2.75, 3.05) is 18.4 Å². The molecule has 114 valence electrons. The zero-order chi connectivity index (χ0) is 15.6. The van der Waals surface area contributed by atoms with Crippen LogP contribution >= 0.6 is 0 Å². The summed E-state index contributed by atoms with van der Waals surface area (Å²) in [5.74, 6) is 0. The van der Waals surface area contributed by atoms with Crippen molar-refractivity contribution in [2.45, 2.75) is 39.8 Å². The minimum absolute atomic E-state index is 0.139. The molecule has 1 heterocycles. The summed E-state index contributed by atoms with van der Waals surface area (Å²) in [5.41, 5.74) is 3.11. The number of benzene rings is 1. The van der Waals surface area contributed by atoms with Crippen molar-refractivity contribution in [1.29, 1.82) is 0 Å². The van der Waals surface area contributed by atoms with Gasteiger partial charge in [0.1, 0.15) is 5.69 Å². The second-order valence-electron chi connectivity index (χ2n) is 5.88.